The van der Waals surface area contributed by atoms with Crippen LogP contribution in [0.5, 0.6) is 5.75 Å². The number of phenolic OH excluding ortho intramolecular Hbond substituents is 1. The molecule has 6 atom stereocenters. The molecule has 0 aromatic heterocycles. The number of likely N-dealkylation sites (N-methyl/N-ethyl adjacent to an activating group) is 1. The molecule has 1 aromatic rings. The molecular weight excluding hydrogens is 502 g/mol. The van der Waals surface area contributed by atoms with E-state index >= 15 is 0 Å². The smallest absolute Gasteiger partial charge is 0.235 e. The van der Waals surface area contributed by atoms with Crippen molar-refractivity contribution in [2.75, 3.05) is 14.1 Å². The molecule has 0 bridgehead atoms. The SMILES string of the molecule is CN(C)[C@@H]1C(=O)C(C(N)=O)C(=O)[C@@]2(O)C(=O)C3C(=O)c4c(O)ccc(CNC5CCCC5)c4C[C@@]3(C)C[C@@]12C. The molecule has 10 nitrogen and oxygen atoms in total. The number of ketones is 4. The topological polar surface area (TPSA) is 167 Å². The summed E-state index contributed by atoms with van der Waals surface area (Å²) in [5.74, 6) is -8.70. The van der Waals surface area contributed by atoms with Crippen molar-refractivity contribution in [3.63, 3.8) is 0 Å². The van der Waals surface area contributed by atoms with Crippen molar-refractivity contribution in [2.24, 2.45) is 28.4 Å². The molecule has 0 radical (unpaired) electrons. The van der Waals surface area contributed by atoms with E-state index < -0.39 is 63.3 Å². The third-order valence-corrected chi connectivity index (χ3v) is 9.90. The number of aliphatic hydroxyl groups is 1. The Kier molecular flexibility index (Phi) is 6.40. The van der Waals surface area contributed by atoms with Crippen LogP contribution in [-0.2, 0) is 32.1 Å². The first kappa shape index (κ1) is 27.6. The van der Waals surface area contributed by atoms with Gasteiger partial charge in [-0.25, -0.2) is 0 Å². The van der Waals surface area contributed by atoms with Gasteiger partial charge < -0.3 is 21.3 Å². The van der Waals surface area contributed by atoms with Crippen LogP contribution in [0.25, 0.3) is 0 Å². The molecular formula is C29H37N3O7. The maximum Gasteiger partial charge on any atom is 0.235 e. The summed E-state index contributed by atoms with van der Waals surface area (Å²) < 4.78 is 0. The van der Waals surface area contributed by atoms with Crippen LogP contribution in [0.2, 0.25) is 0 Å². The van der Waals surface area contributed by atoms with E-state index in [1.54, 1.807) is 27.1 Å². The lowest BCUT2D eigenvalue weighted by Gasteiger charge is -2.61. The molecule has 0 saturated heterocycles. The first-order valence-electron chi connectivity index (χ1n) is 13.6. The molecule has 1 amide bonds. The minimum Gasteiger partial charge on any atom is -0.507 e. The number of primary amides is 1. The molecule has 3 saturated carbocycles. The monoisotopic (exact) mass is 539 g/mol. The zero-order valence-electron chi connectivity index (χ0n) is 22.9. The summed E-state index contributed by atoms with van der Waals surface area (Å²) in [6.45, 7) is 3.77. The number of amides is 1. The number of hydrogen-bond acceptors (Lipinski definition) is 9. The van der Waals surface area contributed by atoms with E-state index in [-0.39, 0.29) is 24.2 Å². The average molecular weight is 540 g/mol. The van der Waals surface area contributed by atoms with Crippen LogP contribution in [0.1, 0.15) is 67.4 Å². The van der Waals surface area contributed by atoms with Crippen molar-refractivity contribution < 1.29 is 34.2 Å². The summed E-state index contributed by atoms with van der Waals surface area (Å²) >= 11 is 0. The Morgan fingerprint density at radius 3 is 2.33 bits per heavy atom. The highest BCUT2D eigenvalue weighted by molar-refractivity contribution is 6.33. The van der Waals surface area contributed by atoms with Crippen molar-refractivity contribution in [3.05, 3.63) is 28.8 Å². The van der Waals surface area contributed by atoms with Gasteiger partial charge in [-0.1, -0.05) is 32.8 Å². The van der Waals surface area contributed by atoms with Gasteiger partial charge in [0.25, 0.3) is 0 Å². The fourth-order valence-electron chi connectivity index (χ4n) is 8.33. The summed E-state index contributed by atoms with van der Waals surface area (Å²) in [4.78, 5) is 69.0. The molecule has 0 heterocycles. The van der Waals surface area contributed by atoms with Gasteiger partial charge in [0.15, 0.2) is 34.7 Å². The second-order valence-electron chi connectivity index (χ2n) is 12.7. The van der Waals surface area contributed by atoms with Crippen molar-refractivity contribution in [1.82, 2.24) is 10.2 Å². The maximum absolute atomic E-state index is 14.2. The van der Waals surface area contributed by atoms with Gasteiger partial charge in [-0.05, 0) is 62.4 Å². The molecule has 3 fully saturated rings. The summed E-state index contributed by atoms with van der Waals surface area (Å²) in [5, 5.41) is 26.3. The Labute approximate surface area is 227 Å². The number of nitrogens with zero attached hydrogens (tertiary/aromatic N) is 1. The summed E-state index contributed by atoms with van der Waals surface area (Å²) in [7, 11) is 3.15. The first-order chi connectivity index (χ1) is 18.2. The van der Waals surface area contributed by atoms with Gasteiger partial charge in [-0.2, -0.15) is 0 Å². The summed E-state index contributed by atoms with van der Waals surface area (Å²) in [5.41, 5.74) is 1.44. The van der Waals surface area contributed by atoms with Crippen LogP contribution >= 0.6 is 0 Å². The fourth-order valence-corrected chi connectivity index (χ4v) is 8.33. The number of rotatable bonds is 5. The van der Waals surface area contributed by atoms with E-state index in [9.17, 15) is 34.2 Å². The molecule has 4 aliphatic rings. The Morgan fingerprint density at radius 1 is 1.10 bits per heavy atom. The zero-order chi connectivity index (χ0) is 28.7. The van der Waals surface area contributed by atoms with Crippen LogP contribution < -0.4 is 11.1 Å². The molecule has 0 spiro atoms. The number of phenols is 1. The largest absolute Gasteiger partial charge is 0.507 e. The van der Waals surface area contributed by atoms with Gasteiger partial charge in [0.05, 0.1) is 17.5 Å². The van der Waals surface area contributed by atoms with Gasteiger partial charge in [0.2, 0.25) is 5.91 Å². The molecule has 2 unspecified atom stereocenters. The van der Waals surface area contributed by atoms with Crippen molar-refractivity contribution in [1.29, 1.82) is 0 Å². The Hall–Kier alpha value is -2.95. The number of carbonyl (C=O) groups is 5. The van der Waals surface area contributed by atoms with E-state index in [0.717, 1.165) is 31.2 Å². The molecule has 5 rings (SSSR count). The van der Waals surface area contributed by atoms with Crippen LogP contribution in [0.3, 0.4) is 0 Å². The third-order valence-electron chi connectivity index (χ3n) is 9.90. The number of fused-ring (bicyclic) bond motifs is 3. The van der Waals surface area contributed by atoms with Crippen molar-refractivity contribution in [3.8, 4) is 5.75 Å². The van der Waals surface area contributed by atoms with Gasteiger partial charge in [0, 0.05) is 18.0 Å². The number of nitrogens with one attached hydrogen (secondary N) is 1. The number of carbonyl (C=O) groups excluding carboxylic acids is 5. The van der Waals surface area contributed by atoms with Crippen LogP contribution in [-0.4, -0.2) is 75.9 Å². The number of aromatic hydroxyl groups is 1. The molecule has 0 aliphatic heterocycles. The highest BCUT2D eigenvalue weighted by Gasteiger charge is 2.76. The van der Waals surface area contributed by atoms with Gasteiger partial charge in [0.1, 0.15) is 5.75 Å². The molecule has 5 N–H and O–H groups in total. The lowest BCUT2D eigenvalue weighted by atomic mass is 9.42. The molecule has 1 aromatic carbocycles. The standard InChI is InChI=1S/C29H37N3O7/c1-27-11-16-14(12-31-15-7-5-6-8-15)9-10-17(33)18(16)21(34)20(27)25(37)29(39)24(36)19(26(30)38)22(35)23(32(3)4)28(29,2)13-27/h9-10,15,19-20,23,31,33,39H,5-8,11-13H2,1-4H3,(H2,30,38)/t19?,20?,23-,27+,28+,29-/m1/s1. The van der Waals surface area contributed by atoms with E-state index in [0.29, 0.717) is 18.2 Å². The summed E-state index contributed by atoms with van der Waals surface area (Å²) in [6, 6.07) is 2.42. The number of Topliss-reactive ketones (excluding diaryl/α,β-unsaturated/α-hetero) is 4. The zero-order valence-corrected chi connectivity index (χ0v) is 22.9. The molecule has 10 heteroatoms. The van der Waals surface area contributed by atoms with Gasteiger partial charge in [-0.3, -0.25) is 28.9 Å². The van der Waals surface area contributed by atoms with E-state index in [1.807, 2.05) is 0 Å². The fraction of sp³-hybridized carbons (Fsp3) is 0.621. The molecule has 4 aliphatic carbocycles. The predicted octanol–water partition coefficient (Wildman–Crippen LogP) is 0.679. The minimum absolute atomic E-state index is 0.0188. The third kappa shape index (κ3) is 3.68. The molecule has 210 valence electrons. The minimum atomic E-state index is -2.79. The highest BCUT2D eigenvalue weighted by atomic mass is 16.3. The first-order valence-corrected chi connectivity index (χ1v) is 13.6. The van der Waals surface area contributed by atoms with E-state index in [1.165, 1.54) is 17.9 Å². The van der Waals surface area contributed by atoms with Crippen molar-refractivity contribution >= 4 is 29.0 Å². The maximum atomic E-state index is 14.2. The number of hydrogen-bond donors (Lipinski definition) is 4. The highest BCUT2D eigenvalue weighted by Crippen LogP contribution is 2.61. The number of nitrogens with two attached hydrogens (primary N) is 1. The number of benzene rings is 1. The lowest BCUT2D eigenvalue weighted by Crippen LogP contribution is -2.79. The normalized spacial score (nSPS) is 36.6. The van der Waals surface area contributed by atoms with Crippen LogP contribution in [0.4, 0.5) is 0 Å². The predicted molar refractivity (Wildman–Crippen MR) is 140 cm³/mol. The van der Waals surface area contributed by atoms with Gasteiger partial charge >= 0.3 is 0 Å². The van der Waals surface area contributed by atoms with Crippen LogP contribution in [0, 0.1) is 22.7 Å². The Balaban J connectivity index is 1.64. The van der Waals surface area contributed by atoms with E-state index in [4.69, 9.17) is 5.73 Å². The average Bonchev–Trinajstić information content (AvgIpc) is 3.34. The Bertz CT molecular complexity index is 1300. The lowest BCUT2D eigenvalue weighted by molar-refractivity contribution is -0.203. The van der Waals surface area contributed by atoms with Crippen molar-refractivity contribution in [2.45, 2.75) is 76.6 Å². The molecule has 39 heavy (non-hydrogen) atoms. The quantitative estimate of drug-likeness (QED) is 0.393. The second-order valence-corrected chi connectivity index (χ2v) is 12.7. The van der Waals surface area contributed by atoms with Gasteiger partial charge in [-0.15, -0.1) is 0 Å². The Morgan fingerprint density at radius 2 is 1.74 bits per heavy atom. The summed E-state index contributed by atoms with van der Waals surface area (Å²) in [6.07, 6.45) is 4.68. The van der Waals surface area contributed by atoms with E-state index in [2.05, 4.69) is 5.32 Å². The van der Waals surface area contributed by atoms with Crippen LogP contribution in [0.15, 0.2) is 12.1 Å². The second kappa shape index (κ2) is 9.04.